The second kappa shape index (κ2) is 17.1. The summed E-state index contributed by atoms with van der Waals surface area (Å²) in [4.78, 5) is 25.9. The molecular weight excluding hydrogens is 817 g/mol. The number of fused-ring (bicyclic) bond motifs is 3. The van der Waals surface area contributed by atoms with Gasteiger partial charge in [0.15, 0.2) is 23.3 Å². The minimum atomic E-state index is 0.604. The van der Waals surface area contributed by atoms with Gasteiger partial charge in [0.05, 0.1) is 5.69 Å². The Morgan fingerprint density at radius 3 is 1.06 bits per heavy atom. The van der Waals surface area contributed by atoms with Crippen molar-refractivity contribution in [3.8, 4) is 102 Å². The average molecular weight is 857 g/mol. The fourth-order valence-electron chi connectivity index (χ4n) is 8.94. The smallest absolute Gasteiger partial charge is 0.164 e. The molecule has 0 atom stereocenters. The molecule has 0 N–H and O–H groups in total. The molecule has 0 aliphatic heterocycles. The fourth-order valence-corrected chi connectivity index (χ4v) is 8.94. The number of rotatable bonds is 9. The first kappa shape index (κ1) is 39.5. The standard InChI is InChI=1S/C61H40N6/c1-5-17-41(18-6-1)49-25-15-27-51(39-49)58-62-56(63-59(64-58)52-28-16-26-50(40-52)42-19-7-2-8-20-42)46-35-31-43(32-36-46)44-33-37-47(38-34-44)57-65-60(48-23-11-4-12-24-48)67-55(45-21-9-3-10-22-45)53-29-13-14-30-54(53)61(67)66-57/h1-40H. The maximum atomic E-state index is 5.30. The van der Waals surface area contributed by atoms with E-state index in [0.29, 0.717) is 23.3 Å². The molecule has 3 aromatic heterocycles. The van der Waals surface area contributed by atoms with Crippen LogP contribution in [0.2, 0.25) is 0 Å². The molecule has 314 valence electrons. The van der Waals surface area contributed by atoms with Gasteiger partial charge in [-0.25, -0.2) is 24.9 Å². The van der Waals surface area contributed by atoms with E-state index in [0.717, 1.165) is 94.7 Å². The predicted molar refractivity (Wildman–Crippen MR) is 273 cm³/mol. The van der Waals surface area contributed by atoms with Gasteiger partial charge >= 0.3 is 0 Å². The van der Waals surface area contributed by atoms with Crippen LogP contribution < -0.4 is 0 Å². The fraction of sp³-hybridized carbons (Fsp3) is 0. The van der Waals surface area contributed by atoms with Crippen LogP contribution in [0.15, 0.2) is 243 Å². The van der Waals surface area contributed by atoms with Crippen molar-refractivity contribution >= 4 is 16.4 Å². The van der Waals surface area contributed by atoms with Crippen LogP contribution >= 0.6 is 0 Å². The monoisotopic (exact) mass is 856 g/mol. The van der Waals surface area contributed by atoms with Gasteiger partial charge in [-0.1, -0.05) is 231 Å². The highest BCUT2D eigenvalue weighted by atomic mass is 15.1. The molecule has 0 aliphatic rings. The third-order valence-electron chi connectivity index (χ3n) is 12.3. The van der Waals surface area contributed by atoms with Crippen LogP contribution in [0.5, 0.6) is 0 Å². The summed E-state index contributed by atoms with van der Waals surface area (Å²) < 4.78 is 2.22. The predicted octanol–water partition coefficient (Wildman–Crippen LogP) is 15.1. The largest absolute Gasteiger partial charge is 0.277 e. The zero-order valence-corrected chi connectivity index (χ0v) is 36.3. The lowest BCUT2D eigenvalue weighted by molar-refractivity contribution is 1.05. The number of hydrogen-bond acceptors (Lipinski definition) is 5. The summed E-state index contributed by atoms with van der Waals surface area (Å²) >= 11 is 0. The lowest BCUT2D eigenvalue weighted by Crippen LogP contribution is -2.03. The Hall–Kier alpha value is -9.13. The van der Waals surface area contributed by atoms with E-state index in [1.165, 1.54) is 0 Å². The Morgan fingerprint density at radius 1 is 0.224 bits per heavy atom. The molecule has 3 heterocycles. The van der Waals surface area contributed by atoms with E-state index in [1.807, 2.05) is 24.3 Å². The van der Waals surface area contributed by atoms with Crippen LogP contribution in [-0.2, 0) is 0 Å². The molecule has 0 saturated heterocycles. The van der Waals surface area contributed by atoms with Crippen molar-refractivity contribution in [2.24, 2.45) is 0 Å². The average Bonchev–Trinajstić information content (AvgIpc) is 3.76. The van der Waals surface area contributed by atoms with Crippen molar-refractivity contribution in [2.45, 2.75) is 0 Å². The number of aromatic nitrogens is 6. The van der Waals surface area contributed by atoms with E-state index in [4.69, 9.17) is 24.9 Å². The van der Waals surface area contributed by atoms with Crippen molar-refractivity contribution < 1.29 is 0 Å². The Labute approximate surface area is 388 Å². The third-order valence-corrected chi connectivity index (χ3v) is 12.3. The Morgan fingerprint density at radius 2 is 0.567 bits per heavy atom. The molecule has 0 fully saturated rings. The molecule has 0 radical (unpaired) electrons. The highest BCUT2D eigenvalue weighted by Gasteiger charge is 2.21. The van der Waals surface area contributed by atoms with Gasteiger partial charge in [0.25, 0.3) is 0 Å². The van der Waals surface area contributed by atoms with Crippen LogP contribution in [0.4, 0.5) is 0 Å². The zero-order valence-electron chi connectivity index (χ0n) is 36.3. The van der Waals surface area contributed by atoms with Gasteiger partial charge in [0, 0.05) is 38.6 Å². The zero-order chi connectivity index (χ0) is 44.5. The molecule has 0 spiro atoms. The van der Waals surface area contributed by atoms with E-state index < -0.39 is 0 Å². The molecule has 6 nitrogen and oxygen atoms in total. The van der Waals surface area contributed by atoms with E-state index >= 15 is 0 Å². The molecule has 0 bridgehead atoms. The Kier molecular flexibility index (Phi) is 10.1. The van der Waals surface area contributed by atoms with Gasteiger partial charge in [0.2, 0.25) is 0 Å². The van der Waals surface area contributed by atoms with Gasteiger partial charge < -0.3 is 0 Å². The molecule has 0 aliphatic carbocycles. The first-order chi connectivity index (χ1) is 33.2. The number of benzene rings is 9. The van der Waals surface area contributed by atoms with Crippen molar-refractivity contribution in [1.29, 1.82) is 0 Å². The Bertz CT molecular complexity index is 3600. The number of hydrogen-bond donors (Lipinski definition) is 0. The lowest BCUT2D eigenvalue weighted by atomic mass is 10.0. The van der Waals surface area contributed by atoms with Crippen LogP contribution in [0.3, 0.4) is 0 Å². The highest BCUT2D eigenvalue weighted by molar-refractivity contribution is 6.06. The summed E-state index contributed by atoms with van der Waals surface area (Å²) in [5.74, 6) is 3.34. The quantitative estimate of drug-likeness (QED) is 0.145. The van der Waals surface area contributed by atoms with E-state index in [-0.39, 0.29) is 0 Å². The second-order valence-electron chi connectivity index (χ2n) is 16.5. The van der Waals surface area contributed by atoms with Crippen LogP contribution in [0.25, 0.3) is 118 Å². The molecule has 0 amide bonds. The Balaban J connectivity index is 0.911. The molecule has 0 unspecified atom stereocenters. The van der Waals surface area contributed by atoms with Crippen LogP contribution in [0, 0.1) is 0 Å². The lowest BCUT2D eigenvalue weighted by Gasteiger charge is -2.12. The maximum Gasteiger partial charge on any atom is 0.164 e. The minimum absolute atomic E-state index is 0.604. The van der Waals surface area contributed by atoms with E-state index in [1.54, 1.807) is 0 Å². The van der Waals surface area contributed by atoms with Crippen molar-refractivity contribution in [2.75, 3.05) is 0 Å². The molecule has 12 aromatic rings. The van der Waals surface area contributed by atoms with Crippen molar-refractivity contribution in [3.05, 3.63) is 243 Å². The second-order valence-corrected chi connectivity index (χ2v) is 16.5. The topological polar surface area (TPSA) is 68.9 Å². The van der Waals surface area contributed by atoms with Crippen molar-refractivity contribution in [3.63, 3.8) is 0 Å². The molecule has 6 heteroatoms. The van der Waals surface area contributed by atoms with Gasteiger partial charge in [-0.2, -0.15) is 0 Å². The highest BCUT2D eigenvalue weighted by Crippen LogP contribution is 2.38. The molecule has 9 aromatic carbocycles. The third kappa shape index (κ3) is 7.62. The molecule has 0 saturated carbocycles. The summed E-state index contributed by atoms with van der Waals surface area (Å²) in [5.41, 5.74) is 14.4. The molecule has 67 heavy (non-hydrogen) atoms. The SMILES string of the molecule is c1ccc(-c2cccc(-c3nc(-c4ccc(-c5ccc(-c6nc(-c7ccccc7)n7c(-c8ccccc8)c8ccccc8c7n6)cc5)cc4)nc(-c4cccc(-c5ccccc5)c4)n3)c2)cc1. The van der Waals surface area contributed by atoms with Crippen LogP contribution in [-0.4, -0.2) is 29.3 Å². The number of nitrogens with zero attached hydrogens (tertiary/aromatic N) is 6. The molecular formula is C61H40N6. The van der Waals surface area contributed by atoms with Crippen molar-refractivity contribution in [1.82, 2.24) is 29.3 Å². The van der Waals surface area contributed by atoms with Gasteiger partial charge in [-0.15, -0.1) is 0 Å². The molecule has 12 rings (SSSR count). The van der Waals surface area contributed by atoms with Gasteiger partial charge in [-0.05, 0) is 51.1 Å². The van der Waals surface area contributed by atoms with Gasteiger partial charge in [-0.3, -0.25) is 4.40 Å². The normalized spacial score (nSPS) is 11.3. The van der Waals surface area contributed by atoms with E-state index in [9.17, 15) is 0 Å². The maximum absolute atomic E-state index is 5.30. The summed E-state index contributed by atoms with van der Waals surface area (Å²) in [6.45, 7) is 0. The minimum Gasteiger partial charge on any atom is -0.277 e. The summed E-state index contributed by atoms with van der Waals surface area (Å²) in [7, 11) is 0. The summed E-state index contributed by atoms with van der Waals surface area (Å²) in [6.07, 6.45) is 0. The first-order valence-corrected chi connectivity index (χ1v) is 22.4. The summed E-state index contributed by atoms with van der Waals surface area (Å²) in [5, 5.41) is 2.22. The summed E-state index contributed by atoms with van der Waals surface area (Å²) in [6, 6.07) is 83.9. The van der Waals surface area contributed by atoms with Gasteiger partial charge in [0.1, 0.15) is 11.5 Å². The van der Waals surface area contributed by atoms with E-state index in [2.05, 4.69) is 223 Å². The van der Waals surface area contributed by atoms with Crippen LogP contribution in [0.1, 0.15) is 0 Å². The first-order valence-electron chi connectivity index (χ1n) is 22.4.